The first-order valence-corrected chi connectivity index (χ1v) is 4.67. The highest BCUT2D eigenvalue weighted by Crippen LogP contribution is 2.31. The summed E-state index contributed by atoms with van der Waals surface area (Å²) in [5.41, 5.74) is 5.39. The van der Waals surface area contributed by atoms with Gasteiger partial charge in [-0.2, -0.15) is 13.2 Å². The summed E-state index contributed by atoms with van der Waals surface area (Å²) in [6, 6.07) is 0.983. The average molecular weight is 239 g/mol. The standard InChI is InChI=1S/C9H10ClF3N2/c1-5-4-7(9(11,12)13)15-8(10)6(5)2-3-14/h4H,2-3,14H2,1H3. The minimum Gasteiger partial charge on any atom is -0.330 e. The van der Waals surface area contributed by atoms with Crippen LogP contribution in [0.4, 0.5) is 13.2 Å². The van der Waals surface area contributed by atoms with Crippen LogP contribution in [-0.4, -0.2) is 11.5 Å². The maximum Gasteiger partial charge on any atom is 0.433 e. The van der Waals surface area contributed by atoms with E-state index in [0.29, 0.717) is 24.1 Å². The zero-order valence-corrected chi connectivity index (χ0v) is 8.78. The molecule has 1 aromatic rings. The SMILES string of the molecule is Cc1cc(C(F)(F)F)nc(Cl)c1CCN. The molecule has 0 atom stereocenters. The van der Waals surface area contributed by atoms with Gasteiger partial charge in [-0.25, -0.2) is 4.98 Å². The number of nitrogens with zero attached hydrogens (tertiary/aromatic N) is 1. The second-order valence-electron chi connectivity index (χ2n) is 3.13. The molecule has 0 spiro atoms. The molecule has 0 aromatic carbocycles. The zero-order valence-electron chi connectivity index (χ0n) is 8.03. The van der Waals surface area contributed by atoms with E-state index in [-0.39, 0.29) is 5.15 Å². The van der Waals surface area contributed by atoms with Gasteiger partial charge < -0.3 is 5.73 Å². The second-order valence-corrected chi connectivity index (χ2v) is 3.49. The molecule has 0 bridgehead atoms. The van der Waals surface area contributed by atoms with Gasteiger partial charge in [0.2, 0.25) is 0 Å². The van der Waals surface area contributed by atoms with Gasteiger partial charge in [-0.15, -0.1) is 0 Å². The summed E-state index contributed by atoms with van der Waals surface area (Å²) in [5.74, 6) is 0. The highest BCUT2D eigenvalue weighted by Gasteiger charge is 2.33. The number of nitrogens with two attached hydrogens (primary N) is 1. The fourth-order valence-electron chi connectivity index (χ4n) is 1.25. The lowest BCUT2D eigenvalue weighted by Crippen LogP contribution is -2.12. The van der Waals surface area contributed by atoms with Gasteiger partial charge in [-0.3, -0.25) is 0 Å². The molecule has 0 radical (unpaired) electrons. The quantitative estimate of drug-likeness (QED) is 0.805. The van der Waals surface area contributed by atoms with E-state index in [2.05, 4.69) is 4.98 Å². The molecule has 15 heavy (non-hydrogen) atoms. The Morgan fingerprint density at radius 2 is 2.07 bits per heavy atom. The van der Waals surface area contributed by atoms with E-state index in [0.717, 1.165) is 6.07 Å². The molecule has 0 aliphatic heterocycles. The van der Waals surface area contributed by atoms with E-state index in [4.69, 9.17) is 17.3 Å². The van der Waals surface area contributed by atoms with Crippen molar-refractivity contribution in [1.82, 2.24) is 4.98 Å². The largest absolute Gasteiger partial charge is 0.433 e. The number of halogens is 4. The fraction of sp³-hybridized carbons (Fsp3) is 0.444. The van der Waals surface area contributed by atoms with Crippen molar-refractivity contribution >= 4 is 11.6 Å². The Kier molecular flexibility index (Phi) is 3.57. The fourth-order valence-corrected chi connectivity index (χ4v) is 1.58. The minimum atomic E-state index is -4.46. The third kappa shape index (κ3) is 2.82. The van der Waals surface area contributed by atoms with Crippen LogP contribution in [0.1, 0.15) is 16.8 Å². The van der Waals surface area contributed by atoms with Crippen LogP contribution < -0.4 is 5.73 Å². The summed E-state index contributed by atoms with van der Waals surface area (Å²) in [6.45, 7) is 1.89. The van der Waals surface area contributed by atoms with Crippen molar-refractivity contribution in [1.29, 1.82) is 0 Å². The third-order valence-corrected chi connectivity index (χ3v) is 2.29. The van der Waals surface area contributed by atoms with Gasteiger partial charge in [0.25, 0.3) is 0 Å². The molecule has 84 valence electrons. The van der Waals surface area contributed by atoms with E-state index in [1.165, 1.54) is 0 Å². The molecule has 0 saturated carbocycles. The first-order valence-electron chi connectivity index (χ1n) is 4.29. The third-order valence-electron chi connectivity index (χ3n) is 1.98. The molecule has 1 heterocycles. The van der Waals surface area contributed by atoms with Crippen molar-refractivity contribution in [2.24, 2.45) is 5.73 Å². The summed E-state index contributed by atoms with van der Waals surface area (Å²) in [5, 5.41) is -0.118. The van der Waals surface area contributed by atoms with Crippen LogP contribution in [0.15, 0.2) is 6.07 Å². The maximum absolute atomic E-state index is 12.3. The Labute approximate surface area is 90.3 Å². The highest BCUT2D eigenvalue weighted by atomic mass is 35.5. The Morgan fingerprint density at radius 1 is 1.47 bits per heavy atom. The number of hydrogen-bond acceptors (Lipinski definition) is 2. The lowest BCUT2D eigenvalue weighted by atomic mass is 10.1. The predicted molar refractivity (Wildman–Crippen MR) is 51.7 cm³/mol. The second kappa shape index (κ2) is 4.37. The molecule has 1 aromatic heterocycles. The van der Waals surface area contributed by atoms with Crippen molar-refractivity contribution < 1.29 is 13.2 Å². The zero-order chi connectivity index (χ0) is 11.6. The van der Waals surface area contributed by atoms with Crippen molar-refractivity contribution in [3.63, 3.8) is 0 Å². The Balaban J connectivity index is 3.19. The predicted octanol–water partition coefficient (Wildman–Crippen LogP) is 2.56. The van der Waals surface area contributed by atoms with Crippen LogP contribution in [0.25, 0.3) is 0 Å². The van der Waals surface area contributed by atoms with Crippen molar-refractivity contribution in [2.75, 3.05) is 6.54 Å². The van der Waals surface area contributed by atoms with Crippen LogP contribution >= 0.6 is 11.6 Å². The van der Waals surface area contributed by atoms with E-state index >= 15 is 0 Å². The number of aromatic nitrogens is 1. The Hall–Kier alpha value is -0.810. The molecule has 2 nitrogen and oxygen atoms in total. The minimum absolute atomic E-state index is 0.118. The molecule has 0 amide bonds. The highest BCUT2D eigenvalue weighted by molar-refractivity contribution is 6.30. The number of alkyl halides is 3. The van der Waals surface area contributed by atoms with Gasteiger partial charge in [0.05, 0.1) is 0 Å². The summed E-state index contributed by atoms with van der Waals surface area (Å²) in [7, 11) is 0. The number of rotatable bonds is 2. The first kappa shape index (κ1) is 12.3. The molecule has 0 unspecified atom stereocenters. The summed E-state index contributed by atoms with van der Waals surface area (Å²) in [4.78, 5) is 3.31. The van der Waals surface area contributed by atoms with Crippen LogP contribution in [0.2, 0.25) is 5.15 Å². The summed E-state index contributed by atoms with van der Waals surface area (Å²) in [6.07, 6.45) is -4.04. The van der Waals surface area contributed by atoms with Gasteiger partial charge in [0, 0.05) is 0 Å². The molecule has 1 rings (SSSR count). The molecule has 6 heteroatoms. The van der Waals surface area contributed by atoms with Gasteiger partial charge in [0.15, 0.2) is 0 Å². The smallest absolute Gasteiger partial charge is 0.330 e. The van der Waals surface area contributed by atoms with Crippen LogP contribution in [0, 0.1) is 6.92 Å². The topological polar surface area (TPSA) is 38.9 Å². The number of hydrogen-bond donors (Lipinski definition) is 1. The van der Waals surface area contributed by atoms with Gasteiger partial charge in [-0.1, -0.05) is 11.6 Å². The summed E-state index contributed by atoms with van der Waals surface area (Å²) >= 11 is 5.65. The molecular formula is C9H10ClF3N2. The van der Waals surface area contributed by atoms with Crippen molar-refractivity contribution in [3.05, 3.63) is 28.0 Å². The van der Waals surface area contributed by atoms with Crippen LogP contribution in [0.3, 0.4) is 0 Å². The lowest BCUT2D eigenvalue weighted by Gasteiger charge is -2.11. The number of aryl methyl sites for hydroxylation is 1. The number of pyridine rings is 1. The van der Waals surface area contributed by atoms with Gasteiger partial charge >= 0.3 is 6.18 Å². The summed E-state index contributed by atoms with van der Waals surface area (Å²) < 4.78 is 37.0. The lowest BCUT2D eigenvalue weighted by molar-refractivity contribution is -0.141. The Bertz CT molecular complexity index is 340. The molecule has 0 aliphatic rings. The van der Waals surface area contributed by atoms with E-state index in [1.54, 1.807) is 6.92 Å². The molecule has 0 aliphatic carbocycles. The van der Waals surface area contributed by atoms with Gasteiger partial charge in [0.1, 0.15) is 10.8 Å². The van der Waals surface area contributed by atoms with E-state index in [9.17, 15) is 13.2 Å². The van der Waals surface area contributed by atoms with Crippen LogP contribution in [0.5, 0.6) is 0 Å². The van der Waals surface area contributed by atoms with Gasteiger partial charge in [-0.05, 0) is 37.1 Å². The molecule has 0 fully saturated rings. The molecular weight excluding hydrogens is 229 g/mol. The van der Waals surface area contributed by atoms with E-state index < -0.39 is 11.9 Å². The first-order chi connectivity index (χ1) is 6.86. The van der Waals surface area contributed by atoms with E-state index in [1.807, 2.05) is 0 Å². The van der Waals surface area contributed by atoms with Crippen LogP contribution in [-0.2, 0) is 12.6 Å². The normalized spacial score (nSPS) is 11.9. The molecule has 2 N–H and O–H groups in total. The molecule has 0 saturated heterocycles. The Morgan fingerprint density at radius 3 is 2.47 bits per heavy atom. The van der Waals surface area contributed by atoms with Crippen molar-refractivity contribution in [2.45, 2.75) is 19.5 Å². The monoisotopic (exact) mass is 238 g/mol. The average Bonchev–Trinajstić information content (AvgIpc) is 2.09. The van der Waals surface area contributed by atoms with Crippen molar-refractivity contribution in [3.8, 4) is 0 Å². The maximum atomic E-state index is 12.3.